The normalized spacial score (nSPS) is 17.9. The average molecular weight is 285 g/mol. The van der Waals surface area contributed by atoms with Crippen LogP contribution in [0.2, 0.25) is 0 Å². The van der Waals surface area contributed by atoms with Crippen molar-refractivity contribution in [1.29, 1.82) is 0 Å². The van der Waals surface area contributed by atoms with E-state index in [0.29, 0.717) is 30.9 Å². The lowest BCUT2D eigenvalue weighted by Gasteiger charge is -2.26. The maximum absolute atomic E-state index is 11.3. The Kier molecular flexibility index (Phi) is 4.86. The van der Waals surface area contributed by atoms with Crippen molar-refractivity contribution in [1.82, 2.24) is 4.90 Å². The number of carbonyl (C=O) groups excluding carboxylic acids is 1. The highest BCUT2D eigenvalue weighted by molar-refractivity contribution is 14.1. The van der Waals surface area contributed by atoms with E-state index in [0.717, 1.165) is 0 Å². The maximum atomic E-state index is 11.3. The lowest BCUT2D eigenvalue weighted by atomic mass is 10.4. The van der Waals surface area contributed by atoms with Crippen LogP contribution in [0.5, 0.6) is 0 Å². The first-order valence-electron chi connectivity index (χ1n) is 3.84. The third kappa shape index (κ3) is 3.24. The molecule has 1 amide bonds. The summed E-state index contributed by atoms with van der Waals surface area (Å²) in [5, 5.41) is 0. The van der Waals surface area contributed by atoms with Gasteiger partial charge in [-0.05, 0) is 0 Å². The molecule has 0 spiro atoms. The van der Waals surface area contributed by atoms with Crippen molar-refractivity contribution in [3.63, 3.8) is 0 Å². The zero-order chi connectivity index (χ0) is 8.81. The minimum atomic E-state index is 0.0648. The Labute approximate surface area is 85.3 Å². The van der Waals surface area contributed by atoms with Crippen LogP contribution in [0.15, 0.2) is 0 Å². The van der Waals surface area contributed by atoms with Crippen LogP contribution in [0.3, 0.4) is 0 Å². The lowest BCUT2D eigenvalue weighted by Crippen LogP contribution is -2.42. The Morgan fingerprint density at radius 2 is 2.17 bits per heavy atom. The minimum absolute atomic E-state index is 0.0648. The van der Waals surface area contributed by atoms with Crippen LogP contribution in [-0.4, -0.2) is 48.3 Å². The van der Waals surface area contributed by atoms with E-state index in [9.17, 15) is 4.79 Å². The van der Waals surface area contributed by atoms with Gasteiger partial charge in [-0.2, -0.15) is 0 Å². The maximum Gasteiger partial charge on any atom is 0.248 e. The highest BCUT2D eigenvalue weighted by Crippen LogP contribution is 1.98. The first kappa shape index (κ1) is 10.2. The van der Waals surface area contributed by atoms with Crippen molar-refractivity contribution in [2.24, 2.45) is 0 Å². The summed E-state index contributed by atoms with van der Waals surface area (Å²) in [6, 6.07) is 0. The van der Waals surface area contributed by atoms with E-state index in [4.69, 9.17) is 9.47 Å². The van der Waals surface area contributed by atoms with Gasteiger partial charge in [0.2, 0.25) is 5.91 Å². The van der Waals surface area contributed by atoms with Gasteiger partial charge in [0.05, 0.1) is 17.8 Å². The van der Waals surface area contributed by atoms with Gasteiger partial charge in [0.1, 0.15) is 6.61 Å². The molecule has 1 aliphatic rings. The minimum Gasteiger partial charge on any atom is -0.378 e. The van der Waals surface area contributed by atoms with E-state index in [1.807, 2.05) is 0 Å². The molecule has 1 heterocycles. The van der Waals surface area contributed by atoms with Gasteiger partial charge < -0.3 is 14.4 Å². The van der Waals surface area contributed by atoms with Gasteiger partial charge in [-0.3, -0.25) is 4.79 Å². The number of amides is 1. The largest absolute Gasteiger partial charge is 0.378 e. The Bertz CT molecular complexity index is 148. The molecule has 0 saturated carbocycles. The predicted octanol–water partition coefficient (Wildman–Crippen LogP) is 0.254. The molecule has 0 radical (unpaired) electrons. The number of nitrogens with zero attached hydrogens (tertiary/aromatic N) is 1. The summed E-state index contributed by atoms with van der Waals surface area (Å²) in [4.78, 5) is 13.1. The standard InChI is InChI=1S/C7H12INO3/c8-6-12-5-7(10)9-1-3-11-4-2-9/h1-6H2. The molecule has 0 aromatic rings. The van der Waals surface area contributed by atoms with E-state index in [-0.39, 0.29) is 12.5 Å². The van der Waals surface area contributed by atoms with Gasteiger partial charge in [0.25, 0.3) is 0 Å². The molecule has 0 N–H and O–H groups in total. The van der Waals surface area contributed by atoms with Gasteiger partial charge in [-0.15, -0.1) is 0 Å². The Morgan fingerprint density at radius 1 is 1.50 bits per heavy atom. The van der Waals surface area contributed by atoms with Gasteiger partial charge in [0, 0.05) is 13.1 Å². The smallest absolute Gasteiger partial charge is 0.248 e. The van der Waals surface area contributed by atoms with Crippen LogP contribution < -0.4 is 0 Å². The summed E-state index contributed by atoms with van der Waals surface area (Å²) in [5.74, 6) is 0.0648. The summed E-state index contributed by atoms with van der Waals surface area (Å²) in [5.41, 5.74) is 0. The van der Waals surface area contributed by atoms with Crippen LogP contribution in [0.1, 0.15) is 0 Å². The molecule has 12 heavy (non-hydrogen) atoms. The molecule has 1 rings (SSSR count). The fourth-order valence-electron chi connectivity index (χ4n) is 1.03. The second-order valence-corrected chi connectivity index (χ2v) is 3.07. The Balaban J connectivity index is 2.20. The number of rotatable bonds is 3. The molecular weight excluding hydrogens is 273 g/mol. The SMILES string of the molecule is O=C(COCI)N1CCOCC1. The highest BCUT2D eigenvalue weighted by atomic mass is 127. The first-order valence-corrected chi connectivity index (χ1v) is 5.36. The second kappa shape index (κ2) is 5.71. The number of halogens is 1. The van der Waals surface area contributed by atoms with Gasteiger partial charge in [-0.25, -0.2) is 0 Å². The monoisotopic (exact) mass is 285 g/mol. The quantitative estimate of drug-likeness (QED) is 0.551. The molecule has 0 aromatic heterocycles. The Morgan fingerprint density at radius 3 is 2.75 bits per heavy atom. The number of carbonyl (C=O) groups is 1. The topological polar surface area (TPSA) is 38.8 Å². The van der Waals surface area contributed by atoms with E-state index < -0.39 is 0 Å². The number of ether oxygens (including phenoxy) is 2. The van der Waals surface area contributed by atoms with Crippen molar-refractivity contribution in [2.45, 2.75) is 0 Å². The van der Waals surface area contributed by atoms with E-state index >= 15 is 0 Å². The number of morpholine rings is 1. The van der Waals surface area contributed by atoms with Gasteiger partial charge in [-0.1, -0.05) is 22.6 Å². The zero-order valence-corrected chi connectivity index (χ0v) is 8.95. The van der Waals surface area contributed by atoms with Crippen LogP contribution >= 0.6 is 22.6 Å². The summed E-state index contributed by atoms with van der Waals surface area (Å²) in [6.07, 6.45) is 0. The van der Waals surface area contributed by atoms with E-state index in [2.05, 4.69) is 22.6 Å². The van der Waals surface area contributed by atoms with Crippen molar-refractivity contribution in [2.75, 3.05) is 37.5 Å². The Hall–Kier alpha value is 0.120. The molecule has 0 bridgehead atoms. The van der Waals surface area contributed by atoms with E-state index in [1.165, 1.54) is 0 Å². The second-order valence-electron chi connectivity index (χ2n) is 2.45. The van der Waals surface area contributed by atoms with Gasteiger partial charge in [0.15, 0.2) is 0 Å². The average Bonchev–Trinajstić information content (AvgIpc) is 2.15. The third-order valence-corrected chi connectivity index (χ3v) is 2.11. The molecule has 1 aliphatic heterocycles. The van der Waals surface area contributed by atoms with Crippen molar-refractivity contribution < 1.29 is 14.3 Å². The molecule has 0 aliphatic carbocycles. The summed E-state index contributed by atoms with van der Waals surface area (Å²) in [6.45, 7) is 2.89. The summed E-state index contributed by atoms with van der Waals surface area (Å²) < 4.78 is 10.7. The molecule has 1 saturated heterocycles. The fraction of sp³-hybridized carbons (Fsp3) is 0.857. The number of alkyl halides is 1. The van der Waals surface area contributed by atoms with Crippen molar-refractivity contribution in [3.8, 4) is 0 Å². The highest BCUT2D eigenvalue weighted by Gasteiger charge is 2.15. The van der Waals surface area contributed by atoms with Gasteiger partial charge >= 0.3 is 0 Å². The molecule has 0 atom stereocenters. The van der Waals surface area contributed by atoms with Crippen molar-refractivity contribution >= 4 is 28.5 Å². The predicted molar refractivity (Wildman–Crippen MR) is 52.2 cm³/mol. The van der Waals surface area contributed by atoms with Crippen LogP contribution in [0.4, 0.5) is 0 Å². The third-order valence-electron chi connectivity index (χ3n) is 1.67. The summed E-state index contributed by atoms with van der Waals surface area (Å²) >= 11 is 2.07. The molecule has 70 valence electrons. The zero-order valence-electron chi connectivity index (χ0n) is 6.79. The van der Waals surface area contributed by atoms with E-state index in [1.54, 1.807) is 4.90 Å². The van der Waals surface area contributed by atoms with Crippen molar-refractivity contribution in [3.05, 3.63) is 0 Å². The van der Waals surface area contributed by atoms with Crippen LogP contribution in [0, 0.1) is 0 Å². The molecule has 0 aromatic carbocycles. The molecule has 0 unspecified atom stereocenters. The molecule has 4 nitrogen and oxygen atoms in total. The molecule has 5 heteroatoms. The lowest BCUT2D eigenvalue weighted by molar-refractivity contribution is -0.139. The molecular formula is C7H12INO3. The number of hydrogen-bond donors (Lipinski definition) is 0. The van der Waals surface area contributed by atoms with Crippen LogP contribution in [-0.2, 0) is 14.3 Å². The molecule has 1 fully saturated rings. The summed E-state index contributed by atoms with van der Waals surface area (Å²) in [7, 11) is 0. The van der Waals surface area contributed by atoms with Crippen LogP contribution in [0.25, 0.3) is 0 Å². The fourth-order valence-corrected chi connectivity index (χ4v) is 1.25. The number of hydrogen-bond acceptors (Lipinski definition) is 3. The first-order chi connectivity index (χ1) is 5.84.